The van der Waals surface area contributed by atoms with Crippen LogP contribution in [0.4, 0.5) is 4.39 Å². The molecule has 0 unspecified atom stereocenters. The Hall–Kier alpha value is -3.44. The molecule has 0 radical (unpaired) electrons. The number of halogens is 1. The summed E-state index contributed by atoms with van der Waals surface area (Å²) in [4.78, 5) is 7.83. The maximum absolute atomic E-state index is 14.7. The molecule has 3 aromatic carbocycles. The molecule has 0 amide bonds. The quantitative estimate of drug-likeness (QED) is 0.180. The third-order valence-electron chi connectivity index (χ3n) is 8.12. The second kappa shape index (κ2) is 13.8. The van der Waals surface area contributed by atoms with Crippen LogP contribution in [0.5, 0.6) is 5.75 Å². The Balaban J connectivity index is 1.57. The summed E-state index contributed by atoms with van der Waals surface area (Å²) in [6, 6.07) is 26.5. The van der Waals surface area contributed by atoms with E-state index in [0.717, 1.165) is 60.7 Å². The summed E-state index contributed by atoms with van der Waals surface area (Å²) < 4.78 is 22.3. The van der Waals surface area contributed by atoms with Crippen LogP contribution in [0.2, 0.25) is 0 Å². The lowest BCUT2D eigenvalue weighted by molar-refractivity contribution is 0.183. The van der Waals surface area contributed by atoms with E-state index in [4.69, 9.17) is 9.72 Å². The van der Waals surface area contributed by atoms with Gasteiger partial charge >= 0.3 is 0 Å². The maximum Gasteiger partial charge on any atom is 0.165 e. The van der Waals surface area contributed by atoms with Gasteiger partial charge in [-0.3, -0.25) is 4.90 Å². The van der Waals surface area contributed by atoms with E-state index in [1.807, 2.05) is 6.07 Å². The highest BCUT2D eigenvalue weighted by Gasteiger charge is 2.24. The summed E-state index contributed by atoms with van der Waals surface area (Å²) >= 11 is 0. The van der Waals surface area contributed by atoms with E-state index in [0.29, 0.717) is 18.2 Å². The minimum absolute atomic E-state index is 0.291. The molecule has 4 aromatic rings. The summed E-state index contributed by atoms with van der Waals surface area (Å²) in [6.07, 6.45) is 8.68. The Labute approximate surface area is 238 Å². The van der Waals surface area contributed by atoms with E-state index in [1.165, 1.54) is 44.9 Å². The Morgan fingerprint density at radius 3 is 2.25 bits per heavy atom. The lowest BCUT2D eigenvalue weighted by Crippen LogP contribution is -2.31. The third kappa shape index (κ3) is 6.82. The van der Waals surface area contributed by atoms with Gasteiger partial charge in [0, 0.05) is 37.3 Å². The van der Waals surface area contributed by atoms with Crippen molar-refractivity contribution in [1.82, 2.24) is 14.5 Å². The monoisotopic (exact) mass is 539 g/mol. The number of unbranched alkanes of at least 4 members (excludes halogenated alkanes) is 1. The molecule has 1 heterocycles. The molecule has 0 atom stereocenters. The molecule has 1 aromatic heterocycles. The molecule has 0 spiro atoms. The second-order valence-electron chi connectivity index (χ2n) is 11.1. The van der Waals surface area contributed by atoms with Crippen LogP contribution in [0.25, 0.3) is 22.6 Å². The molecule has 5 heteroatoms. The van der Waals surface area contributed by atoms with Gasteiger partial charge in [0.2, 0.25) is 0 Å². The van der Waals surface area contributed by atoms with Crippen molar-refractivity contribution in [3.8, 4) is 28.4 Å². The first-order chi connectivity index (χ1) is 19.7. The number of aromatic nitrogens is 2. The topological polar surface area (TPSA) is 30.3 Å². The van der Waals surface area contributed by atoms with Crippen molar-refractivity contribution in [1.29, 1.82) is 0 Å². The smallest absolute Gasteiger partial charge is 0.165 e. The minimum Gasteiger partial charge on any atom is -0.494 e. The predicted octanol–water partition coefficient (Wildman–Crippen LogP) is 8.75. The molecule has 1 saturated carbocycles. The summed E-state index contributed by atoms with van der Waals surface area (Å²) in [5, 5.41) is 0. The number of benzene rings is 3. The Morgan fingerprint density at radius 1 is 0.900 bits per heavy atom. The summed E-state index contributed by atoms with van der Waals surface area (Å²) in [6.45, 7) is 5.61. The average Bonchev–Trinajstić information content (AvgIpc) is 3.35. The molecule has 0 N–H and O–H groups in total. The van der Waals surface area contributed by atoms with E-state index >= 15 is 0 Å². The van der Waals surface area contributed by atoms with Gasteiger partial charge in [0.05, 0.1) is 18.5 Å². The maximum atomic E-state index is 14.7. The molecule has 4 nitrogen and oxygen atoms in total. The fraction of sp³-hybridized carbons (Fsp3) is 0.400. The van der Waals surface area contributed by atoms with Crippen LogP contribution >= 0.6 is 0 Å². The van der Waals surface area contributed by atoms with Crippen LogP contribution < -0.4 is 4.74 Å². The molecule has 0 saturated heterocycles. The molecular weight excluding hydrogens is 497 g/mol. The number of ether oxygens (including phenoxy) is 1. The number of methoxy groups -OCH3 is 1. The number of rotatable bonds is 12. The molecule has 0 bridgehead atoms. The number of imidazole rings is 1. The Morgan fingerprint density at radius 2 is 1.60 bits per heavy atom. The lowest BCUT2D eigenvalue weighted by atomic mass is 9.89. The van der Waals surface area contributed by atoms with Crippen LogP contribution in [0.3, 0.4) is 0 Å². The fourth-order valence-corrected chi connectivity index (χ4v) is 6.04. The van der Waals surface area contributed by atoms with Crippen molar-refractivity contribution in [2.24, 2.45) is 5.92 Å². The molecule has 1 aliphatic rings. The third-order valence-corrected chi connectivity index (χ3v) is 8.12. The first-order valence-corrected chi connectivity index (χ1v) is 14.9. The number of hydrogen-bond acceptors (Lipinski definition) is 3. The van der Waals surface area contributed by atoms with Crippen LogP contribution in [0, 0.1) is 11.7 Å². The van der Waals surface area contributed by atoms with Gasteiger partial charge in [-0.25, -0.2) is 9.37 Å². The zero-order chi connectivity index (χ0) is 27.7. The van der Waals surface area contributed by atoms with Crippen molar-refractivity contribution >= 4 is 0 Å². The second-order valence-corrected chi connectivity index (χ2v) is 11.1. The predicted molar refractivity (Wildman–Crippen MR) is 162 cm³/mol. The summed E-state index contributed by atoms with van der Waals surface area (Å²) in [5.74, 6) is 1.68. The number of nitrogens with zero attached hydrogens (tertiary/aromatic N) is 3. The molecule has 1 fully saturated rings. The standard InChI is InChI=1S/C35H42FN3O/c1-3-4-22-39-32(34(29-16-10-6-11-17-29)37-35(39)30-18-12-7-13-19-30)26-38(24-27-14-8-5-9-15-27)25-28-20-21-33(40-2)31(36)23-28/h6-7,10-13,16-21,23,27H,3-5,8-9,14-15,22,24-26H2,1-2H3. The van der Waals surface area contributed by atoms with Gasteiger partial charge in [0.15, 0.2) is 11.6 Å². The molecule has 0 aliphatic heterocycles. The highest BCUT2D eigenvalue weighted by atomic mass is 19.1. The Bertz CT molecular complexity index is 1350. The molecule has 5 rings (SSSR count). The van der Waals surface area contributed by atoms with Gasteiger partial charge in [0.25, 0.3) is 0 Å². The first kappa shape index (κ1) is 28.1. The zero-order valence-electron chi connectivity index (χ0n) is 24.0. The van der Waals surface area contributed by atoms with Gasteiger partial charge in [-0.1, -0.05) is 99.3 Å². The fourth-order valence-electron chi connectivity index (χ4n) is 6.04. The van der Waals surface area contributed by atoms with Gasteiger partial charge in [0.1, 0.15) is 5.82 Å². The molecule has 40 heavy (non-hydrogen) atoms. The first-order valence-electron chi connectivity index (χ1n) is 14.9. The average molecular weight is 540 g/mol. The van der Waals surface area contributed by atoms with Gasteiger partial charge in [-0.2, -0.15) is 0 Å². The van der Waals surface area contributed by atoms with Crippen molar-refractivity contribution in [2.75, 3.05) is 13.7 Å². The minimum atomic E-state index is -0.304. The summed E-state index contributed by atoms with van der Waals surface area (Å²) in [5.41, 5.74) is 5.53. The lowest BCUT2D eigenvalue weighted by Gasteiger charge is -2.30. The Kier molecular flexibility index (Phi) is 9.67. The van der Waals surface area contributed by atoms with Gasteiger partial charge in [-0.05, 0) is 42.9 Å². The summed E-state index contributed by atoms with van der Waals surface area (Å²) in [7, 11) is 1.51. The van der Waals surface area contributed by atoms with Crippen LogP contribution in [-0.2, 0) is 19.6 Å². The van der Waals surface area contributed by atoms with Crippen LogP contribution in [0.15, 0.2) is 78.9 Å². The molecule has 210 valence electrons. The van der Waals surface area contributed by atoms with E-state index in [2.05, 4.69) is 77.1 Å². The van der Waals surface area contributed by atoms with Crippen molar-refractivity contribution in [3.05, 3.63) is 95.9 Å². The largest absolute Gasteiger partial charge is 0.494 e. The zero-order valence-corrected chi connectivity index (χ0v) is 24.0. The van der Waals surface area contributed by atoms with Crippen molar-refractivity contribution in [3.63, 3.8) is 0 Å². The number of hydrogen-bond donors (Lipinski definition) is 0. The molecule has 1 aliphatic carbocycles. The van der Waals surface area contributed by atoms with Crippen molar-refractivity contribution < 1.29 is 9.13 Å². The van der Waals surface area contributed by atoms with Gasteiger partial charge < -0.3 is 9.30 Å². The van der Waals surface area contributed by atoms with Gasteiger partial charge in [-0.15, -0.1) is 0 Å². The highest BCUT2D eigenvalue weighted by molar-refractivity contribution is 5.68. The van der Waals surface area contributed by atoms with E-state index in [1.54, 1.807) is 12.1 Å². The van der Waals surface area contributed by atoms with E-state index in [9.17, 15) is 4.39 Å². The van der Waals surface area contributed by atoms with Crippen molar-refractivity contribution in [2.45, 2.75) is 71.5 Å². The normalized spacial score (nSPS) is 14.1. The van der Waals surface area contributed by atoms with E-state index in [-0.39, 0.29) is 5.82 Å². The SMILES string of the molecule is CCCCn1c(-c2ccccc2)nc(-c2ccccc2)c1CN(Cc1ccc(OC)c(F)c1)CC1CCCCC1. The van der Waals surface area contributed by atoms with Crippen LogP contribution in [0.1, 0.15) is 63.1 Å². The van der Waals surface area contributed by atoms with Crippen LogP contribution in [-0.4, -0.2) is 28.1 Å². The molecular formula is C35H42FN3O. The highest BCUT2D eigenvalue weighted by Crippen LogP contribution is 2.33. The van der Waals surface area contributed by atoms with E-state index < -0.39 is 0 Å².